The number of pyridine rings is 4. The van der Waals surface area contributed by atoms with Gasteiger partial charge in [-0.2, -0.15) is 4.98 Å². The highest BCUT2D eigenvalue weighted by molar-refractivity contribution is 6.67. The van der Waals surface area contributed by atoms with Gasteiger partial charge in [0.15, 0.2) is 45.6 Å². The van der Waals surface area contributed by atoms with Gasteiger partial charge in [0.05, 0.1) is 46.1 Å². The summed E-state index contributed by atoms with van der Waals surface area (Å²) in [6.45, 7) is 0. The summed E-state index contributed by atoms with van der Waals surface area (Å²) in [6, 6.07) is 37.6. The van der Waals surface area contributed by atoms with Crippen LogP contribution < -0.4 is 36.1 Å². The quantitative estimate of drug-likeness (QED) is 0.0348. The first-order chi connectivity index (χ1) is 36.2. The minimum Gasteiger partial charge on any atom is -0.506 e. The van der Waals surface area contributed by atoms with Gasteiger partial charge in [0.25, 0.3) is 5.24 Å². The SMILES string of the molecule is COc1ccc(C(=O)Cc2cc(-c3nc4ncccc4o3)ccn2)cc1OC.COc1ccc(C(=O)Cl)cc1OC.Nc1cc(-c2nc3ccccc3o2)ccn1.Nc1cc(C(=O)O)ccn1.Nc1ccccc1O. The van der Waals surface area contributed by atoms with Gasteiger partial charge in [0.1, 0.15) is 22.9 Å². The summed E-state index contributed by atoms with van der Waals surface area (Å²) in [5.41, 5.74) is 22.6. The minimum atomic E-state index is -0.992. The number of anilines is 3. The largest absolute Gasteiger partial charge is 0.506 e. The number of halogens is 1. The molecule has 0 radical (unpaired) electrons. The number of aromatic carboxylic acids is 1. The number of oxazole rings is 2. The van der Waals surface area contributed by atoms with E-state index in [4.69, 9.17) is 66.8 Å². The predicted molar refractivity (Wildman–Crippen MR) is 282 cm³/mol. The highest BCUT2D eigenvalue weighted by atomic mass is 35.5. The van der Waals surface area contributed by atoms with Crippen LogP contribution in [0, 0.1) is 0 Å². The number of nitrogens with zero attached hydrogens (tertiary/aromatic N) is 6. The van der Waals surface area contributed by atoms with Gasteiger partial charge in [-0.25, -0.2) is 24.7 Å². The van der Waals surface area contributed by atoms with Crippen LogP contribution in [0.3, 0.4) is 0 Å². The molecule has 0 atom stereocenters. The Bertz CT molecular complexity index is 3470. The van der Waals surface area contributed by atoms with Crippen molar-refractivity contribution in [3.63, 3.8) is 0 Å². The number of rotatable bonds is 11. The van der Waals surface area contributed by atoms with E-state index in [2.05, 4.69) is 29.9 Å². The fraction of sp³-hybridized carbons (Fsp3) is 0.0926. The van der Waals surface area contributed by atoms with Crippen LogP contribution in [0.15, 0.2) is 167 Å². The fourth-order valence-electron chi connectivity index (χ4n) is 6.48. The summed E-state index contributed by atoms with van der Waals surface area (Å²) in [5.74, 6) is 2.91. The Hall–Kier alpha value is -10.1. The molecule has 75 heavy (non-hydrogen) atoms. The molecular formula is C54H48ClN9O11. The lowest BCUT2D eigenvalue weighted by Crippen LogP contribution is -2.06. The normalized spacial score (nSPS) is 10.1. The molecule has 8 N–H and O–H groups in total. The van der Waals surface area contributed by atoms with Gasteiger partial charge in [-0.15, -0.1) is 0 Å². The van der Waals surface area contributed by atoms with E-state index in [1.54, 1.807) is 105 Å². The number of aromatic nitrogens is 6. The Balaban J connectivity index is 0.000000165. The van der Waals surface area contributed by atoms with Crippen LogP contribution in [0.5, 0.6) is 28.7 Å². The summed E-state index contributed by atoms with van der Waals surface area (Å²) in [5, 5.41) is 16.7. The van der Waals surface area contributed by atoms with E-state index < -0.39 is 11.2 Å². The number of carbonyl (C=O) groups excluding carboxylic acids is 2. The third-order valence-corrected chi connectivity index (χ3v) is 10.4. The molecule has 0 spiro atoms. The molecule has 0 amide bonds. The molecule has 0 bridgehead atoms. The van der Waals surface area contributed by atoms with Gasteiger partial charge in [-0.05, 0) is 121 Å². The van der Waals surface area contributed by atoms with Crippen LogP contribution >= 0.6 is 11.6 Å². The highest BCUT2D eigenvalue weighted by Crippen LogP contribution is 2.30. The number of benzene rings is 4. The van der Waals surface area contributed by atoms with E-state index >= 15 is 0 Å². The Kier molecular flexibility index (Phi) is 19.1. The number of fused-ring (bicyclic) bond motifs is 2. The Labute approximate surface area is 433 Å². The molecule has 0 fully saturated rings. The summed E-state index contributed by atoms with van der Waals surface area (Å²) >= 11 is 5.29. The van der Waals surface area contributed by atoms with Crippen LogP contribution in [0.1, 0.15) is 36.8 Å². The lowest BCUT2D eigenvalue weighted by atomic mass is 10.0. The summed E-state index contributed by atoms with van der Waals surface area (Å²) < 4.78 is 31.8. The molecule has 382 valence electrons. The van der Waals surface area contributed by atoms with Gasteiger partial charge in [-0.3, -0.25) is 14.6 Å². The number of ether oxygens (including phenoxy) is 4. The predicted octanol–water partition coefficient (Wildman–Crippen LogP) is 9.62. The number of para-hydroxylation sites is 4. The van der Waals surface area contributed by atoms with Crippen LogP contribution in [0.4, 0.5) is 17.3 Å². The van der Waals surface area contributed by atoms with E-state index in [1.165, 1.54) is 45.7 Å². The number of hydrogen-bond donors (Lipinski definition) is 5. The number of nitrogens with two attached hydrogens (primary N) is 3. The standard InChI is InChI=1S/C21H17N3O4.C12H9N3O.C9H9ClO3.C6H6N2O2.C6H7NO/c1-26-17-6-5-13(11-19(17)27-2)16(25)12-15-10-14(7-9-22-15)21-24-20-18(28-21)4-3-8-23-20;13-11-7-8(5-6-14-11)12-15-9-3-1-2-4-10(9)16-12;1-12-7-4-3-6(9(10)11)5-8(7)13-2;7-5-3-4(6(9)10)1-2-8-5;7-5-3-1-2-4-6(5)8/h3-11H,12H2,1-2H3;1-7H,(H2,13,14);3-5H,1-2H3;1-3H,(H2,7,8)(H,9,10);1-4,8H,7H2. The number of ketones is 1. The molecule has 0 unspecified atom stereocenters. The van der Waals surface area contributed by atoms with E-state index in [9.17, 15) is 14.4 Å². The van der Waals surface area contributed by atoms with Gasteiger partial charge in [0, 0.05) is 52.7 Å². The van der Waals surface area contributed by atoms with Crippen molar-refractivity contribution in [3.05, 3.63) is 181 Å². The maximum atomic E-state index is 12.7. The number of aromatic hydroxyl groups is 1. The lowest BCUT2D eigenvalue weighted by molar-refractivity contribution is 0.0696. The lowest BCUT2D eigenvalue weighted by Gasteiger charge is -2.09. The van der Waals surface area contributed by atoms with Crippen molar-refractivity contribution in [3.8, 4) is 51.7 Å². The number of nitrogen functional groups attached to an aromatic ring is 3. The number of carbonyl (C=O) groups is 3. The first kappa shape index (κ1) is 54.3. The molecule has 0 saturated carbocycles. The molecule has 0 aliphatic carbocycles. The summed E-state index contributed by atoms with van der Waals surface area (Å²) in [7, 11) is 6.11. The number of methoxy groups -OCH3 is 4. The minimum absolute atomic E-state index is 0.0789. The van der Waals surface area contributed by atoms with Crippen molar-refractivity contribution >= 4 is 68.2 Å². The van der Waals surface area contributed by atoms with Crippen molar-refractivity contribution in [2.24, 2.45) is 0 Å². The summed E-state index contributed by atoms with van der Waals surface area (Å²) in [6.07, 6.45) is 6.43. The van der Waals surface area contributed by atoms with E-state index in [0.29, 0.717) is 74.3 Å². The molecule has 0 aliphatic heterocycles. The second-order valence-electron chi connectivity index (χ2n) is 15.2. The molecule has 4 aromatic carbocycles. The smallest absolute Gasteiger partial charge is 0.335 e. The van der Waals surface area contributed by atoms with Gasteiger partial charge >= 0.3 is 5.97 Å². The Morgan fingerprint density at radius 1 is 0.547 bits per heavy atom. The molecule has 20 nitrogen and oxygen atoms in total. The van der Waals surface area contributed by atoms with E-state index in [0.717, 1.165) is 22.2 Å². The van der Waals surface area contributed by atoms with Crippen molar-refractivity contribution in [1.82, 2.24) is 29.9 Å². The van der Waals surface area contributed by atoms with Crippen molar-refractivity contribution in [1.29, 1.82) is 0 Å². The molecule has 0 saturated heterocycles. The van der Waals surface area contributed by atoms with Crippen LogP contribution in [-0.4, -0.2) is 85.6 Å². The third-order valence-electron chi connectivity index (χ3n) is 10.2. The van der Waals surface area contributed by atoms with Crippen molar-refractivity contribution in [2.75, 3.05) is 45.6 Å². The van der Waals surface area contributed by atoms with Crippen LogP contribution in [-0.2, 0) is 6.42 Å². The number of Topliss-reactive ketones (excluding diaryl/α,β-unsaturated/α-hetero) is 1. The average Bonchev–Trinajstić information content (AvgIpc) is 4.08. The molecule has 10 aromatic rings. The maximum absolute atomic E-state index is 12.7. The second-order valence-corrected chi connectivity index (χ2v) is 15.5. The number of hydrogen-bond acceptors (Lipinski definition) is 19. The number of carboxylic acids is 1. The van der Waals surface area contributed by atoms with E-state index in [1.807, 2.05) is 36.4 Å². The molecular weight excluding hydrogens is 986 g/mol. The first-order valence-electron chi connectivity index (χ1n) is 22.1. The third kappa shape index (κ3) is 15.2. The zero-order chi connectivity index (χ0) is 53.9. The monoisotopic (exact) mass is 1030 g/mol. The number of carboxylic acid groups (broad SMARTS) is 1. The summed E-state index contributed by atoms with van der Waals surface area (Å²) in [4.78, 5) is 58.5. The van der Waals surface area contributed by atoms with Crippen molar-refractivity contribution in [2.45, 2.75) is 6.42 Å². The van der Waals surface area contributed by atoms with Gasteiger partial charge in [-0.1, -0.05) is 24.3 Å². The maximum Gasteiger partial charge on any atom is 0.335 e. The topological polar surface area (TPSA) is 310 Å². The van der Waals surface area contributed by atoms with Crippen molar-refractivity contribution < 1.29 is 52.4 Å². The molecule has 0 aliphatic rings. The molecule has 10 rings (SSSR count). The van der Waals surface area contributed by atoms with Gasteiger partial charge in [0.2, 0.25) is 11.8 Å². The van der Waals surface area contributed by atoms with Crippen LogP contribution in [0.2, 0.25) is 0 Å². The average molecular weight is 1030 g/mol. The first-order valence-corrected chi connectivity index (χ1v) is 22.5. The Morgan fingerprint density at radius 3 is 1.68 bits per heavy atom. The molecule has 6 heterocycles. The number of phenols is 1. The zero-order valence-corrected chi connectivity index (χ0v) is 41.3. The van der Waals surface area contributed by atoms with Crippen LogP contribution in [0.25, 0.3) is 45.2 Å². The van der Waals surface area contributed by atoms with E-state index in [-0.39, 0.29) is 29.3 Å². The number of phenolic OH excluding ortho intramolecular Hbond substituents is 1. The second kappa shape index (κ2) is 26.4. The fourth-order valence-corrected chi connectivity index (χ4v) is 6.60. The highest BCUT2D eigenvalue weighted by Gasteiger charge is 2.15. The Morgan fingerprint density at radius 2 is 1.11 bits per heavy atom. The van der Waals surface area contributed by atoms with Gasteiger partial charge < -0.3 is 55.2 Å². The molecule has 21 heteroatoms. The molecule has 6 aromatic heterocycles. The zero-order valence-electron chi connectivity index (χ0n) is 40.6.